The van der Waals surface area contributed by atoms with E-state index >= 15 is 0 Å². The van der Waals surface area contributed by atoms with E-state index in [-0.39, 0.29) is 35.6 Å². The van der Waals surface area contributed by atoms with Crippen molar-refractivity contribution in [1.29, 1.82) is 0 Å². The number of hydrogen-bond donors (Lipinski definition) is 0. The van der Waals surface area contributed by atoms with Gasteiger partial charge in [0.1, 0.15) is 0 Å². The Bertz CT molecular complexity index is 2350. The Kier molecular flexibility index (Phi) is 11.1. The van der Waals surface area contributed by atoms with Crippen LogP contribution in [0.25, 0.3) is 32.7 Å². The summed E-state index contributed by atoms with van der Waals surface area (Å²) in [7, 11) is 0. The van der Waals surface area contributed by atoms with E-state index in [1.54, 1.807) is 3.27 Å². The molecular weight excluding hydrogens is 798 g/mol. The first-order chi connectivity index (χ1) is 23.9. The summed E-state index contributed by atoms with van der Waals surface area (Å²) in [6.45, 7) is 14.1. The van der Waals surface area contributed by atoms with Crippen molar-refractivity contribution in [2.45, 2.75) is 62.4 Å². The standard InChI is InChI=1S/C21H12Cl2.C21H25.C5H5.2ClH.Zr/c22-18-10-14-5-1-3-7-20(14)16(12-18)9-17-13-19(23)11-15-6-2-4-8-21(15)17;1-20(2,3)16-7-9-18-14(12-16)11-15-13-17(21(4,5)6)8-10-19(15)18;1-2-4-5-3-1;;;/h1-8,10-13H;7-10,12H,11H2,1-6H3;1-5H;2*1H;/q;;;;;+2/p-2. The minimum absolute atomic E-state index is 0. The normalized spacial score (nSPS) is 13.4. The number of fused-ring (bicyclic) bond motifs is 5. The summed E-state index contributed by atoms with van der Waals surface area (Å²) in [6, 6.07) is 38.3. The van der Waals surface area contributed by atoms with E-state index in [9.17, 15) is 0 Å². The fourth-order valence-electron chi connectivity index (χ4n) is 8.16. The molecule has 0 bridgehead atoms. The zero-order valence-electron chi connectivity index (χ0n) is 30.4. The zero-order valence-corrected chi connectivity index (χ0v) is 35.9. The van der Waals surface area contributed by atoms with Crippen LogP contribution in [0, 0.1) is 0 Å². The molecule has 0 unspecified atom stereocenters. The predicted octanol–water partition coefficient (Wildman–Crippen LogP) is 6.90. The average molecular weight is 840 g/mol. The summed E-state index contributed by atoms with van der Waals surface area (Å²) in [5.74, 6) is 0. The van der Waals surface area contributed by atoms with Crippen LogP contribution in [-0.4, -0.2) is 3.21 Å². The van der Waals surface area contributed by atoms with Crippen LogP contribution in [0.4, 0.5) is 0 Å². The van der Waals surface area contributed by atoms with Crippen LogP contribution in [0.2, 0.25) is 13.7 Å². The van der Waals surface area contributed by atoms with E-state index in [0.29, 0.717) is 3.63 Å². The predicted molar refractivity (Wildman–Crippen MR) is 215 cm³/mol. The topological polar surface area (TPSA) is 0 Å². The number of halogens is 4. The maximum Gasteiger partial charge on any atom is -1.00 e. The van der Waals surface area contributed by atoms with Crippen molar-refractivity contribution in [3.8, 4) is 11.1 Å². The summed E-state index contributed by atoms with van der Waals surface area (Å²) < 4.78 is 3.40. The molecule has 0 amide bonds. The van der Waals surface area contributed by atoms with E-state index in [1.807, 2.05) is 0 Å². The Morgan fingerprint density at radius 2 is 1.15 bits per heavy atom. The molecule has 0 aliphatic heterocycles. The monoisotopic (exact) mass is 836 g/mol. The number of hydrogen-bond acceptors (Lipinski definition) is 0. The van der Waals surface area contributed by atoms with Gasteiger partial charge in [-0.15, -0.1) is 0 Å². The van der Waals surface area contributed by atoms with Gasteiger partial charge >= 0.3 is 317 Å². The molecule has 5 heteroatoms. The van der Waals surface area contributed by atoms with E-state index in [1.165, 1.54) is 58.5 Å². The Morgan fingerprint density at radius 1 is 0.615 bits per heavy atom. The summed E-state index contributed by atoms with van der Waals surface area (Å²) in [5, 5.41) is 6.33. The van der Waals surface area contributed by atoms with Gasteiger partial charge in [0.05, 0.1) is 0 Å². The van der Waals surface area contributed by atoms with Crippen molar-refractivity contribution in [1.82, 2.24) is 0 Å². The Morgan fingerprint density at radius 3 is 1.69 bits per heavy atom. The molecule has 0 N–H and O–H groups in total. The molecule has 0 saturated carbocycles. The third kappa shape index (κ3) is 6.98. The van der Waals surface area contributed by atoms with Gasteiger partial charge in [-0.1, -0.05) is 0 Å². The van der Waals surface area contributed by atoms with Gasteiger partial charge in [0, 0.05) is 0 Å². The van der Waals surface area contributed by atoms with Crippen LogP contribution in [0.3, 0.4) is 0 Å². The van der Waals surface area contributed by atoms with E-state index in [0.717, 1.165) is 27.2 Å². The van der Waals surface area contributed by atoms with Crippen molar-refractivity contribution in [3.05, 3.63) is 171 Å². The minimum atomic E-state index is -3.11. The smallest absolute Gasteiger partial charge is 1.00 e. The van der Waals surface area contributed by atoms with Crippen LogP contribution in [0.15, 0.2) is 127 Å². The maximum atomic E-state index is 7.08. The third-order valence-corrected chi connectivity index (χ3v) is 19.0. The summed E-state index contributed by atoms with van der Waals surface area (Å²) in [4.78, 5) is 0. The van der Waals surface area contributed by atoms with Crippen LogP contribution in [-0.2, 0) is 38.5 Å². The van der Waals surface area contributed by atoms with E-state index < -0.39 is 21.3 Å². The summed E-state index contributed by atoms with van der Waals surface area (Å²) >= 11 is 11.0. The van der Waals surface area contributed by atoms with Gasteiger partial charge in [-0.25, -0.2) is 0 Å². The third-order valence-electron chi connectivity index (χ3n) is 10.6. The Hall–Kier alpha value is -2.77. The maximum absolute atomic E-state index is 7.08. The Labute approximate surface area is 338 Å². The van der Waals surface area contributed by atoms with Crippen molar-refractivity contribution >= 4 is 51.2 Å². The van der Waals surface area contributed by atoms with Gasteiger partial charge in [-0.05, 0) is 0 Å². The SMILES string of the molecule is CC(C)(C)c1ccc2c(c1)Cc1c-2ccc(C(C)(C)C)[c]1[Zr+2](=[C](c1cc(Cl)cc2ccccc12)c1cc(Cl)cc2ccccc12)[CH]1C=CC=C1.[Cl-].[Cl-]. The fourth-order valence-corrected chi connectivity index (χ4v) is 18.0. The molecule has 0 heterocycles. The quantitative estimate of drug-likeness (QED) is 0.181. The molecule has 0 fully saturated rings. The van der Waals surface area contributed by atoms with Crippen LogP contribution < -0.4 is 28.1 Å². The van der Waals surface area contributed by atoms with Gasteiger partial charge in [0.2, 0.25) is 0 Å². The largest absolute Gasteiger partial charge is 1.00 e. The molecule has 262 valence electrons. The van der Waals surface area contributed by atoms with Gasteiger partial charge in [0.25, 0.3) is 0 Å². The van der Waals surface area contributed by atoms with Crippen molar-refractivity contribution in [3.63, 3.8) is 0 Å². The molecule has 0 atom stereocenters. The first kappa shape index (κ1) is 38.9. The van der Waals surface area contributed by atoms with Crippen molar-refractivity contribution in [2.75, 3.05) is 0 Å². The first-order valence-corrected chi connectivity index (χ1v) is 22.3. The van der Waals surface area contributed by atoms with Crippen LogP contribution >= 0.6 is 23.2 Å². The second-order valence-electron chi connectivity index (χ2n) is 16.0. The molecule has 0 radical (unpaired) electrons. The summed E-state index contributed by atoms with van der Waals surface area (Å²) in [5.41, 5.74) is 11.1. The van der Waals surface area contributed by atoms with Crippen LogP contribution in [0.5, 0.6) is 0 Å². The molecule has 2 aliphatic carbocycles. The molecule has 52 heavy (non-hydrogen) atoms. The molecule has 0 spiro atoms. The molecule has 6 aromatic carbocycles. The minimum Gasteiger partial charge on any atom is -1.00 e. The van der Waals surface area contributed by atoms with Crippen LogP contribution in [0.1, 0.15) is 74.9 Å². The zero-order chi connectivity index (χ0) is 34.9. The number of benzene rings is 6. The van der Waals surface area contributed by atoms with E-state index in [4.69, 9.17) is 23.2 Å². The molecule has 0 nitrogen and oxygen atoms in total. The van der Waals surface area contributed by atoms with Gasteiger partial charge in [-0.3, -0.25) is 0 Å². The molecular formula is C47H42Cl4Zr. The van der Waals surface area contributed by atoms with Gasteiger partial charge < -0.3 is 24.8 Å². The second kappa shape index (κ2) is 14.8. The van der Waals surface area contributed by atoms with Crippen molar-refractivity contribution in [2.24, 2.45) is 0 Å². The number of rotatable bonds is 4. The van der Waals surface area contributed by atoms with E-state index in [2.05, 4.69) is 169 Å². The summed E-state index contributed by atoms with van der Waals surface area (Å²) in [6.07, 6.45) is 10.4. The molecule has 2 aliphatic rings. The second-order valence-corrected chi connectivity index (χ2v) is 23.0. The first-order valence-electron chi connectivity index (χ1n) is 17.7. The molecule has 0 saturated heterocycles. The molecule has 0 aromatic heterocycles. The van der Waals surface area contributed by atoms with Crippen molar-refractivity contribution < 1.29 is 46.1 Å². The Balaban J connectivity index is 0.00000232. The van der Waals surface area contributed by atoms with Gasteiger partial charge in [0.15, 0.2) is 0 Å². The molecule has 8 rings (SSSR count). The number of allylic oxidation sites excluding steroid dienone is 4. The van der Waals surface area contributed by atoms with Gasteiger partial charge in [-0.2, -0.15) is 0 Å². The molecule has 6 aromatic rings. The fraction of sp³-hybridized carbons (Fsp3) is 0.213. The average Bonchev–Trinajstić information content (AvgIpc) is 3.73.